The Balaban J connectivity index is -0.0000000800. The standard InChI is InChI=1S/K.Na.H2O4S/c;;1-5(2,3)4/h;;(H2,1,2,3,4). The molecule has 0 amide bonds. The van der Waals surface area contributed by atoms with Gasteiger partial charge in [-0.2, -0.15) is 8.42 Å². The molecule has 0 fully saturated rings. The fourth-order valence-corrected chi connectivity index (χ4v) is 0. The van der Waals surface area contributed by atoms with Crippen LogP contribution in [0.2, 0.25) is 0 Å². The molecule has 0 aliphatic heterocycles. The van der Waals surface area contributed by atoms with Crippen LogP contribution in [0, 0.1) is 0 Å². The average molecular weight is 160 g/mol. The quantitative estimate of drug-likeness (QED) is 0.337. The summed E-state index contributed by atoms with van der Waals surface area (Å²) in [5.41, 5.74) is 0. The van der Waals surface area contributed by atoms with Gasteiger partial charge in [-0.1, -0.05) is 0 Å². The molecule has 4 nitrogen and oxygen atoms in total. The van der Waals surface area contributed by atoms with Gasteiger partial charge >= 0.3 is 10.4 Å². The number of rotatable bonds is 0. The second-order valence-corrected chi connectivity index (χ2v) is 1.34. The largest absolute Gasteiger partial charge is 0.394 e. The van der Waals surface area contributed by atoms with Gasteiger partial charge < -0.3 is 0 Å². The molecule has 0 aromatic heterocycles. The minimum Gasteiger partial charge on any atom is -0.264 e. The fraction of sp³-hybridized carbons (Fsp3) is 0. The van der Waals surface area contributed by atoms with Crippen molar-refractivity contribution >= 4 is 91.3 Å². The van der Waals surface area contributed by atoms with E-state index in [4.69, 9.17) is 17.5 Å². The topological polar surface area (TPSA) is 74.6 Å². The zero-order chi connectivity index (χ0) is 4.50. The maximum atomic E-state index is 8.74. The van der Waals surface area contributed by atoms with E-state index in [1.54, 1.807) is 0 Å². The predicted molar refractivity (Wildman–Crippen MR) is 25.7 cm³/mol. The average Bonchev–Trinajstić information content (AvgIpc) is 0.722. The molecule has 0 aromatic rings. The summed E-state index contributed by atoms with van der Waals surface area (Å²) in [6.45, 7) is 0. The van der Waals surface area contributed by atoms with Crippen molar-refractivity contribution in [2.24, 2.45) is 0 Å². The van der Waals surface area contributed by atoms with Crippen molar-refractivity contribution in [3.8, 4) is 0 Å². The molecule has 0 heterocycles. The van der Waals surface area contributed by atoms with Crippen molar-refractivity contribution in [2.45, 2.75) is 0 Å². The summed E-state index contributed by atoms with van der Waals surface area (Å²) < 4.78 is 31.6. The first-order chi connectivity index (χ1) is 2.00. The molecule has 0 rings (SSSR count). The second-order valence-electron chi connectivity index (χ2n) is 0.448. The molecule has 0 atom stereocenters. The Labute approximate surface area is 106 Å². The molecule has 7 heteroatoms. The Morgan fingerprint density at radius 2 is 1.14 bits per heavy atom. The van der Waals surface area contributed by atoms with Gasteiger partial charge in [-0.15, -0.1) is 0 Å². The molecule has 0 aliphatic carbocycles. The minimum atomic E-state index is -4.67. The van der Waals surface area contributed by atoms with Crippen LogP contribution in [0.15, 0.2) is 0 Å². The van der Waals surface area contributed by atoms with Crippen LogP contribution in [0.5, 0.6) is 0 Å². The summed E-state index contributed by atoms with van der Waals surface area (Å²) in [6, 6.07) is 0. The van der Waals surface area contributed by atoms with Gasteiger partial charge in [0, 0.05) is 80.9 Å². The fourth-order valence-electron chi connectivity index (χ4n) is 0. The van der Waals surface area contributed by atoms with E-state index in [-0.39, 0.29) is 80.9 Å². The Kier molecular flexibility index (Phi) is 15.4. The molecule has 0 spiro atoms. The summed E-state index contributed by atoms with van der Waals surface area (Å²) in [6.07, 6.45) is 0. The van der Waals surface area contributed by atoms with Gasteiger partial charge in [0.05, 0.1) is 0 Å². The third kappa shape index (κ3) is 57.3. The van der Waals surface area contributed by atoms with Crippen LogP contribution in [-0.4, -0.2) is 98.5 Å². The molecular formula is H2KNaO4S. The van der Waals surface area contributed by atoms with Crippen molar-refractivity contribution < 1.29 is 17.5 Å². The van der Waals surface area contributed by atoms with E-state index in [1.165, 1.54) is 0 Å². The van der Waals surface area contributed by atoms with Gasteiger partial charge in [-0.05, 0) is 0 Å². The van der Waals surface area contributed by atoms with Crippen LogP contribution in [0.25, 0.3) is 0 Å². The van der Waals surface area contributed by atoms with Crippen LogP contribution in [0.3, 0.4) is 0 Å². The first-order valence-corrected chi connectivity index (χ1v) is 2.10. The summed E-state index contributed by atoms with van der Waals surface area (Å²) >= 11 is 0. The summed E-state index contributed by atoms with van der Waals surface area (Å²) in [5, 5.41) is 0. The molecule has 2 radical (unpaired) electrons. The van der Waals surface area contributed by atoms with Crippen LogP contribution in [0.4, 0.5) is 0 Å². The molecule has 0 unspecified atom stereocenters. The van der Waals surface area contributed by atoms with Crippen molar-refractivity contribution in [3.63, 3.8) is 0 Å². The Hall–Kier alpha value is 2.51. The molecule has 0 aromatic carbocycles. The van der Waals surface area contributed by atoms with E-state index in [0.717, 1.165) is 0 Å². The van der Waals surface area contributed by atoms with Gasteiger partial charge in [0.1, 0.15) is 0 Å². The summed E-state index contributed by atoms with van der Waals surface area (Å²) in [5.74, 6) is 0. The van der Waals surface area contributed by atoms with Gasteiger partial charge in [0.15, 0.2) is 0 Å². The molecule has 0 aliphatic rings. The minimum absolute atomic E-state index is 0. The van der Waals surface area contributed by atoms with Crippen LogP contribution >= 0.6 is 0 Å². The van der Waals surface area contributed by atoms with Crippen molar-refractivity contribution in [3.05, 3.63) is 0 Å². The van der Waals surface area contributed by atoms with E-state index in [9.17, 15) is 0 Å². The molecule has 7 heavy (non-hydrogen) atoms. The molecule has 0 bridgehead atoms. The Bertz CT molecular complexity index is 94.9. The first-order valence-electron chi connectivity index (χ1n) is 0.698. The monoisotopic (exact) mass is 160 g/mol. The van der Waals surface area contributed by atoms with Crippen LogP contribution < -0.4 is 0 Å². The maximum Gasteiger partial charge on any atom is 0.394 e. The van der Waals surface area contributed by atoms with Gasteiger partial charge in [0.25, 0.3) is 0 Å². The molecule has 0 saturated carbocycles. The first kappa shape index (κ1) is 16.2. The summed E-state index contributed by atoms with van der Waals surface area (Å²) in [4.78, 5) is 0. The Morgan fingerprint density at radius 3 is 1.14 bits per heavy atom. The molecular weight excluding hydrogens is 158 g/mol. The van der Waals surface area contributed by atoms with E-state index in [2.05, 4.69) is 0 Å². The SMILES string of the molecule is O=S(=O)(O)O.[K].[Na]. The van der Waals surface area contributed by atoms with Gasteiger partial charge in [-0.3, -0.25) is 9.11 Å². The summed E-state index contributed by atoms with van der Waals surface area (Å²) in [7, 11) is -4.67. The van der Waals surface area contributed by atoms with E-state index in [1.807, 2.05) is 0 Å². The van der Waals surface area contributed by atoms with Crippen LogP contribution in [0.1, 0.15) is 0 Å². The van der Waals surface area contributed by atoms with Crippen molar-refractivity contribution in [1.29, 1.82) is 0 Å². The molecule has 2 N–H and O–H groups in total. The third-order valence-corrected chi connectivity index (χ3v) is 0. The second kappa shape index (κ2) is 6.62. The Morgan fingerprint density at radius 1 is 1.14 bits per heavy atom. The van der Waals surface area contributed by atoms with Crippen LogP contribution in [-0.2, 0) is 10.4 Å². The molecule has 0 saturated heterocycles. The van der Waals surface area contributed by atoms with E-state index >= 15 is 0 Å². The number of hydrogen-bond donors (Lipinski definition) is 2. The zero-order valence-electron chi connectivity index (χ0n) is 4.12. The van der Waals surface area contributed by atoms with Gasteiger partial charge in [0.2, 0.25) is 0 Å². The maximum absolute atomic E-state index is 8.74. The van der Waals surface area contributed by atoms with Gasteiger partial charge in [-0.25, -0.2) is 0 Å². The predicted octanol–water partition coefficient (Wildman–Crippen LogP) is -1.41. The van der Waals surface area contributed by atoms with Crippen molar-refractivity contribution in [1.82, 2.24) is 0 Å². The smallest absolute Gasteiger partial charge is 0.264 e. The van der Waals surface area contributed by atoms with Crippen molar-refractivity contribution in [2.75, 3.05) is 0 Å². The molecule has 34 valence electrons. The zero-order valence-corrected chi connectivity index (χ0v) is 10.1. The normalized spacial score (nSPS) is 8.29. The van der Waals surface area contributed by atoms with E-state index < -0.39 is 10.4 Å². The third-order valence-electron chi connectivity index (χ3n) is 0. The number of hydrogen-bond acceptors (Lipinski definition) is 2. The van der Waals surface area contributed by atoms with E-state index in [0.29, 0.717) is 0 Å².